The van der Waals surface area contributed by atoms with E-state index in [9.17, 15) is 18.0 Å². The van der Waals surface area contributed by atoms with Crippen molar-refractivity contribution in [1.82, 2.24) is 4.98 Å². The van der Waals surface area contributed by atoms with E-state index in [-0.39, 0.29) is 11.4 Å². The first kappa shape index (κ1) is 17.2. The van der Waals surface area contributed by atoms with E-state index in [1.54, 1.807) is 6.92 Å². The van der Waals surface area contributed by atoms with Gasteiger partial charge in [-0.2, -0.15) is 13.2 Å². The summed E-state index contributed by atoms with van der Waals surface area (Å²) >= 11 is 1.36. The van der Waals surface area contributed by atoms with Crippen LogP contribution in [-0.4, -0.2) is 10.9 Å². The molecular formula is C18H13F3N2OS. The molecule has 2 aromatic carbocycles. The van der Waals surface area contributed by atoms with Crippen molar-refractivity contribution in [3.05, 3.63) is 70.9 Å². The third-order valence-corrected chi connectivity index (χ3v) is 4.45. The van der Waals surface area contributed by atoms with Crippen molar-refractivity contribution < 1.29 is 18.0 Å². The third kappa shape index (κ3) is 3.88. The Hall–Kier alpha value is -2.67. The van der Waals surface area contributed by atoms with Gasteiger partial charge < -0.3 is 5.32 Å². The summed E-state index contributed by atoms with van der Waals surface area (Å²) in [5.74, 6) is -0.539. The Labute approximate surface area is 146 Å². The Morgan fingerprint density at radius 2 is 1.80 bits per heavy atom. The molecule has 0 unspecified atom stereocenters. The Morgan fingerprint density at radius 3 is 2.48 bits per heavy atom. The number of carbonyl (C=O) groups excluding carboxylic acids is 1. The quantitative estimate of drug-likeness (QED) is 0.679. The fraction of sp³-hybridized carbons (Fsp3) is 0.111. The molecule has 0 bridgehead atoms. The highest BCUT2D eigenvalue weighted by Gasteiger charge is 2.30. The van der Waals surface area contributed by atoms with E-state index < -0.39 is 17.6 Å². The number of anilines is 1. The summed E-state index contributed by atoms with van der Waals surface area (Å²) < 4.78 is 38.4. The Balaban J connectivity index is 1.90. The van der Waals surface area contributed by atoms with Gasteiger partial charge in [0, 0.05) is 5.69 Å². The number of aromatic nitrogens is 1. The highest BCUT2D eigenvalue weighted by molar-refractivity contribution is 7.15. The van der Waals surface area contributed by atoms with Crippen LogP contribution in [0, 0.1) is 6.92 Å². The third-order valence-electron chi connectivity index (χ3n) is 3.43. The lowest BCUT2D eigenvalue weighted by Gasteiger charge is -2.10. The summed E-state index contributed by atoms with van der Waals surface area (Å²) in [5.41, 5.74) is 0.293. The standard InChI is InChI=1S/C18H13F3N2OS/c1-11-22-15(16(25-11)12-6-3-2-4-7-12)17(24)23-14-9-5-8-13(10-14)18(19,20)21/h2-10H,1H3,(H,23,24). The molecule has 0 saturated heterocycles. The molecule has 0 aliphatic rings. The van der Waals surface area contributed by atoms with E-state index in [0.29, 0.717) is 9.88 Å². The number of hydrogen-bond acceptors (Lipinski definition) is 3. The molecule has 0 radical (unpaired) electrons. The van der Waals surface area contributed by atoms with Gasteiger partial charge in [0.25, 0.3) is 5.91 Å². The number of thiazole rings is 1. The van der Waals surface area contributed by atoms with Crippen LogP contribution in [0.15, 0.2) is 54.6 Å². The largest absolute Gasteiger partial charge is 0.416 e. The first-order valence-electron chi connectivity index (χ1n) is 7.36. The number of amides is 1. The van der Waals surface area contributed by atoms with Crippen LogP contribution in [-0.2, 0) is 6.18 Å². The number of nitrogens with zero attached hydrogens (tertiary/aromatic N) is 1. The molecule has 0 spiro atoms. The molecule has 3 rings (SSSR count). The van der Waals surface area contributed by atoms with Gasteiger partial charge in [-0.05, 0) is 30.7 Å². The zero-order valence-corrected chi connectivity index (χ0v) is 13.9. The first-order valence-corrected chi connectivity index (χ1v) is 8.18. The maximum Gasteiger partial charge on any atom is 0.416 e. The Morgan fingerprint density at radius 1 is 1.08 bits per heavy atom. The topological polar surface area (TPSA) is 42.0 Å². The van der Waals surface area contributed by atoms with Crippen LogP contribution in [0.3, 0.4) is 0 Å². The minimum Gasteiger partial charge on any atom is -0.321 e. The number of benzene rings is 2. The fourth-order valence-corrected chi connectivity index (χ4v) is 3.25. The van der Waals surface area contributed by atoms with Gasteiger partial charge in [0.2, 0.25) is 0 Å². The van der Waals surface area contributed by atoms with Gasteiger partial charge in [0.05, 0.1) is 15.4 Å². The van der Waals surface area contributed by atoms with Crippen LogP contribution in [0.25, 0.3) is 10.4 Å². The highest BCUT2D eigenvalue weighted by atomic mass is 32.1. The van der Waals surface area contributed by atoms with E-state index in [1.165, 1.54) is 23.5 Å². The number of nitrogens with one attached hydrogen (secondary N) is 1. The lowest BCUT2D eigenvalue weighted by molar-refractivity contribution is -0.137. The number of carbonyl (C=O) groups is 1. The molecule has 0 atom stereocenters. The molecule has 128 valence electrons. The maximum absolute atomic E-state index is 12.8. The van der Waals surface area contributed by atoms with Gasteiger partial charge >= 0.3 is 6.18 Å². The smallest absolute Gasteiger partial charge is 0.321 e. The van der Waals surface area contributed by atoms with E-state index in [2.05, 4.69) is 10.3 Å². The molecule has 0 saturated carbocycles. The number of halogens is 3. The molecule has 1 amide bonds. The SMILES string of the molecule is Cc1nc(C(=O)Nc2cccc(C(F)(F)F)c2)c(-c2ccccc2)s1. The predicted molar refractivity (Wildman–Crippen MR) is 91.7 cm³/mol. The second-order valence-electron chi connectivity index (χ2n) is 5.31. The second kappa shape index (κ2) is 6.68. The lowest BCUT2D eigenvalue weighted by atomic mass is 10.1. The van der Waals surface area contributed by atoms with Crippen molar-refractivity contribution in [2.75, 3.05) is 5.32 Å². The summed E-state index contributed by atoms with van der Waals surface area (Å²) in [6.45, 7) is 1.78. The minimum atomic E-state index is -4.47. The molecule has 1 heterocycles. The van der Waals surface area contributed by atoms with Crippen LogP contribution < -0.4 is 5.32 Å². The average molecular weight is 362 g/mol. The van der Waals surface area contributed by atoms with E-state index in [0.717, 1.165) is 17.7 Å². The molecule has 3 aromatic rings. The number of aryl methyl sites for hydroxylation is 1. The van der Waals surface area contributed by atoms with Crippen LogP contribution in [0.5, 0.6) is 0 Å². The number of alkyl halides is 3. The van der Waals surface area contributed by atoms with Crippen molar-refractivity contribution >= 4 is 22.9 Å². The van der Waals surface area contributed by atoms with E-state index in [4.69, 9.17) is 0 Å². The lowest BCUT2D eigenvalue weighted by Crippen LogP contribution is -2.14. The highest BCUT2D eigenvalue weighted by Crippen LogP contribution is 2.32. The van der Waals surface area contributed by atoms with Crippen molar-refractivity contribution in [3.63, 3.8) is 0 Å². The van der Waals surface area contributed by atoms with Crippen molar-refractivity contribution in [2.45, 2.75) is 13.1 Å². The average Bonchev–Trinajstić information content (AvgIpc) is 2.97. The molecule has 1 N–H and O–H groups in total. The zero-order valence-electron chi connectivity index (χ0n) is 13.1. The van der Waals surface area contributed by atoms with E-state index >= 15 is 0 Å². The van der Waals surface area contributed by atoms with Crippen molar-refractivity contribution in [3.8, 4) is 10.4 Å². The number of rotatable bonds is 3. The molecule has 7 heteroatoms. The second-order valence-corrected chi connectivity index (χ2v) is 6.51. The number of hydrogen-bond donors (Lipinski definition) is 1. The summed E-state index contributed by atoms with van der Waals surface area (Å²) in [6, 6.07) is 13.8. The fourth-order valence-electron chi connectivity index (χ4n) is 2.33. The summed E-state index contributed by atoms with van der Waals surface area (Å²) in [6.07, 6.45) is -4.47. The summed E-state index contributed by atoms with van der Waals surface area (Å²) in [4.78, 5) is 17.5. The molecule has 3 nitrogen and oxygen atoms in total. The molecule has 0 fully saturated rings. The van der Waals surface area contributed by atoms with Crippen LogP contribution in [0.4, 0.5) is 18.9 Å². The van der Waals surface area contributed by atoms with Gasteiger partial charge in [-0.1, -0.05) is 36.4 Å². The van der Waals surface area contributed by atoms with Crippen LogP contribution in [0.1, 0.15) is 21.1 Å². The van der Waals surface area contributed by atoms with Gasteiger partial charge in [-0.3, -0.25) is 4.79 Å². The van der Waals surface area contributed by atoms with Crippen LogP contribution >= 0.6 is 11.3 Å². The van der Waals surface area contributed by atoms with Gasteiger partial charge in [0.15, 0.2) is 0 Å². The normalized spacial score (nSPS) is 11.4. The summed E-state index contributed by atoms with van der Waals surface area (Å²) in [5, 5.41) is 3.20. The van der Waals surface area contributed by atoms with Crippen molar-refractivity contribution in [1.29, 1.82) is 0 Å². The molecule has 25 heavy (non-hydrogen) atoms. The molecule has 1 aromatic heterocycles. The minimum absolute atomic E-state index is 0.0736. The van der Waals surface area contributed by atoms with Crippen molar-refractivity contribution in [2.24, 2.45) is 0 Å². The van der Waals surface area contributed by atoms with Gasteiger partial charge in [-0.25, -0.2) is 4.98 Å². The Bertz CT molecular complexity index is 904. The van der Waals surface area contributed by atoms with E-state index in [1.807, 2.05) is 30.3 Å². The zero-order chi connectivity index (χ0) is 18.0. The molecule has 0 aliphatic heterocycles. The van der Waals surface area contributed by atoms with Crippen LogP contribution in [0.2, 0.25) is 0 Å². The Kier molecular flexibility index (Phi) is 4.59. The monoisotopic (exact) mass is 362 g/mol. The molecule has 0 aliphatic carbocycles. The maximum atomic E-state index is 12.8. The first-order chi connectivity index (χ1) is 11.8. The summed E-state index contributed by atoms with van der Waals surface area (Å²) in [7, 11) is 0. The predicted octanol–water partition coefficient (Wildman–Crippen LogP) is 5.39. The van der Waals surface area contributed by atoms with Gasteiger partial charge in [0.1, 0.15) is 5.69 Å². The molecular weight excluding hydrogens is 349 g/mol. The van der Waals surface area contributed by atoms with Gasteiger partial charge in [-0.15, -0.1) is 11.3 Å².